The average molecular weight is 644 g/mol. The monoisotopic (exact) mass is 642 g/mol. The van der Waals surface area contributed by atoms with Crippen molar-refractivity contribution >= 4 is 56.9 Å². The molecule has 1 heterocycles. The van der Waals surface area contributed by atoms with Crippen LogP contribution >= 0.6 is 23.2 Å². The Morgan fingerprint density at radius 2 is 1.67 bits per heavy atom. The number of sulfonamides is 1. The SMILES string of the molecule is CCOc1ccc(NC(=O)C(=O)N/N=C/c2ccc(CN(Cc3ccc(Cl)cc3Cl)S(=O)(=O)c3ccc(C)cc3)o2)cc1. The second-order valence-electron chi connectivity index (χ2n) is 9.24. The highest BCUT2D eigenvalue weighted by Crippen LogP contribution is 2.27. The number of amides is 2. The Bertz CT molecular complexity index is 1720. The zero-order chi connectivity index (χ0) is 31.0. The molecule has 0 fully saturated rings. The second-order valence-corrected chi connectivity index (χ2v) is 12.0. The van der Waals surface area contributed by atoms with Crippen LogP contribution in [0.4, 0.5) is 5.69 Å². The topological polar surface area (TPSA) is 130 Å². The molecule has 13 heteroatoms. The van der Waals surface area contributed by atoms with Gasteiger partial charge in [-0.3, -0.25) is 9.59 Å². The molecule has 4 rings (SSSR count). The minimum atomic E-state index is -3.96. The minimum Gasteiger partial charge on any atom is -0.494 e. The molecule has 43 heavy (non-hydrogen) atoms. The number of aryl methyl sites for hydroxylation is 1. The maximum absolute atomic E-state index is 13.6. The molecule has 2 N–H and O–H groups in total. The summed E-state index contributed by atoms with van der Waals surface area (Å²) in [5, 5.41) is 6.98. The number of rotatable bonds is 11. The van der Waals surface area contributed by atoms with Gasteiger partial charge in [-0.05, 0) is 80.1 Å². The van der Waals surface area contributed by atoms with Crippen LogP contribution in [0.3, 0.4) is 0 Å². The molecule has 0 atom stereocenters. The molecular weight excluding hydrogens is 615 g/mol. The number of benzene rings is 3. The first-order valence-corrected chi connectivity index (χ1v) is 15.2. The molecule has 3 aromatic carbocycles. The molecule has 0 bridgehead atoms. The summed E-state index contributed by atoms with van der Waals surface area (Å²) in [4.78, 5) is 24.5. The molecule has 0 unspecified atom stereocenters. The van der Waals surface area contributed by atoms with Crippen molar-refractivity contribution in [3.05, 3.63) is 112 Å². The van der Waals surface area contributed by atoms with Gasteiger partial charge in [0.1, 0.15) is 17.3 Å². The van der Waals surface area contributed by atoms with Gasteiger partial charge < -0.3 is 14.5 Å². The van der Waals surface area contributed by atoms with E-state index < -0.39 is 21.8 Å². The van der Waals surface area contributed by atoms with Crippen LogP contribution in [-0.2, 0) is 32.7 Å². The lowest BCUT2D eigenvalue weighted by Crippen LogP contribution is -2.32. The highest BCUT2D eigenvalue weighted by atomic mass is 35.5. The van der Waals surface area contributed by atoms with E-state index in [2.05, 4.69) is 15.8 Å². The lowest BCUT2D eigenvalue weighted by Gasteiger charge is -2.22. The Balaban J connectivity index is 1.43. The van der Waals surface area contributed by atoms with Crippen LogP contribution < -0.4 is 15.5 Å². The number of carbonyl (C=O) groups is 2. The Morgan fingerprint density at radius 1 is 0.953 bits per heavy atom. The number of nitrogens with one attached hydrogen (secondary N) is 2. The highest BCUT2D eigenvalue weighted by molar-refractivity contribution is 7.89. The third-order valence-electron chi connectivity index (χ3n) is 6.02. The summed E-state index contributed by atoms with van der Waals surface area (Å²) in [6.45, 7) is 4.06. The van der Waals surface area contributed by atoms with Crippen LogP contribution in [0.1, 0.15) is 29.6 Å². The van der Waals surface area contributed by atoms with Crippen molar-refractivity contribution in [2.75, 3.05) is 11.9 Å². The predicted molar refractivity (Wildman–Crippen MR) is 165 cm³/mol. The average Bonchev–Trinajstić information content (AvgIpc) is 3.42. The quantitative estimate of drug-likeness (QED) is 0.121. The molecule has 4 aromatic rings. The number of halogens is 2. The highest BCUT2D eigenvalue weighted by Gasteiger charge is 2.27. The summed E-state index contributed by atoms with van der Waals surface area (Å²) in [6, 6.07) is 21.0. The number of hydrogen-bond donors (Lipinski definition) is 2. The smallest absolute Gasteiger partial charge is 0.329 e. The number of nitrogens with zero attached hydrogens (tertiary/aromatic N) is 2. The lowest BCUT2D eigenvalue weighted by molar-refractivity contribution is -0.136. The molecule has 0 aliphatic heterocycles. The summed E-state index contributed by atoms with van der Waals surface area (Å²) in [5.41, 5.74) is 4.01. The third kappa shape index (κ3) is 8.68. The summed E-state index contributed by atoms with van der Waals surface area (Å²) in [7, 11) is -3.96. The molecular formula is C30H28Cl2N4O6S. The van der Waals surface area contributed by atoms with E-state index >= 15 is 0 Å². The van der Waals surface area contributed by atoms with Gasteiger partial charge in [0, 0.05) is 22.3 Å². The number of hydrogen-bond acceptors (Lipinski definition) is 7. The van der Waals surface area contributed by atoms with E-state index in [1.165, 1.54) is 22.7 Å². The predicted octanol–water partition coefficient (Wildman–Crippen LogP) is 5.77. The van der Waals surface area contributed by atoms with E-state index in [0.29, 0.717) is 39.4 Å². The van der Waals surface area contributed by atoms with Gasteiger partial charge in [0.15, 0.2) is 0 Å². The maximum Gasteiger partial charge on any atom is 0.329 e. The van der Waals surface area contributed by atoms with Gasteiger partial charge in [0.05, 0.1) is 24.3 Å². The molecule has 0 aliphatic rings. The number of carbonyl (C=O) groups excluding carboxylic acids is 2. The van der Waals surface area contributed by atoms with Crippen LogP contribution in [-0.4, -0.2) is 37.4 Å². The van der Waals surface area contributed by atoms with Crippen molar-refractivity contribution in [1.82, 2.24) is 9.73 Å². The van der Waals surface area contributed by atoms with E-state index in [0.717, 1.165) is 5.56 Å². The first-order valence-electron chi connectivity index (χ1n) is 13.0. The third-order valence-corrected chi connectivity index (χ3v) is 8.42. The van der Waals surface area contributed by atoms with Crippen molar-refractivity contribution in [3.63, 3.8) is 0 Å². The van der Waals surface area contributed by atoms with Gasteiger partial charge in [0.2, 0.25) is 10.0 Å². The Labute approximate surface area is 259 Å². The van der Waals surface area contributed by atoms with Gasteiger partial charge in [-0.1, -0.05) is 47.0 Å². The Kier molecular flexibility index (Phi) is 10.6. The first kappa shape index (κ1) is 31.8. The molecule has 224 valence electrons. The van der Waals surface area contributed by atoms with Crippen LogP contribution in [0.2, 0.25) is 10.0 Å². The molecule has 10 nitrogen and oxygen atoms in total. The van der Waals surface area contributed by atoms with Crippen LogP contribution in [0, 0.1) is 6.92 Å². The molecule has 0 aliphatic carbocycles. The Hall–Kier alpha value is -4.16. The van der Waals surface area contributed by atoms with Crippen molar-refractivity contribution < 1.29 is 27.2 Å². The summed E-state index contributed by atoms with van der Waals surface area (Å²) in [6.07, 6.45) is 1.19. The van der Waals surface area contributed by atoms with Crippen molar-refractivity contribution in [2.24, 2.45) is 5.10 Å². The zero-order valence-corrected chi connectivity index (χ0v) is 25.5. The molecule has 1 aromatic heterocycles. The maximum atomic E-state index is 13.6. The summed E-state index contributed by atoms with van der Waals surface area (Å²) >= 11 is 12.4. The fraction of sp³-hybridized carbons (Fsp3) is 0.167. The van der Waals surface area contributed by atoms with Crippen LogP contribution in [0.5, 0.6) is 5.75 Å². The van der Waals surface area contributed by atoms with E-state index in [1.807, 2.05) is 13.8 Å². The van der Waals surface area contributed by atoms with E-state index in [1.54, 1.807) is 66.7 Å². The first-order chi connectivity index (χ1) is 20.5. The number of furan rings is 1. The zero-order valence-electron chi connectivity index (χ0n) is 23.2. The van der Waals surface area contributed by atoms with Crippen molar-refractivity contribution in [1.29, 1.82) is 0 Å². The fourth-order valence-corrected chi connectivity index (χ4v) is 5.69. The number of hydrazone groups is 1. The Morgan fingerprint density at radius 3 is 2.35 bits per heavy atom. The lowest BCUT2D eigenvalue weighted by atomic mass is 10.2. The molecule has 0 radical (unpaired) electrons. The summed E-state index contributed by atoms with van der Waals surface area (Å²) in [5.74, 6) is -0.746. The van der Waals surface area contributed by atoms with Crippen molar-refractivity contribution in [2.45, 2.75) is 31.8 Å². The summed E-state index contributed by atoms with van der Waals surface area (Å²) < 4.78 is 39.6. The standard InChI is InChI=1S/C30H28Cl2N4O6S/c1-3-41-24-10-8-23(9-11-24)34-29(37)30(38)35-33-17-25-12-13-26(42-25)19-36(18-21-6-7-22(31)16-28(21)32)43(39,40)27-14-4-20(2)5-15-27/h4-17H,3,18-19H2,1-2H3,(H,34,37)(H,35,38)/b33-17+. The fourth-order valence-electron chi connectivity index (χ4n) is 3.84. The number of anilines is 1. The normalized spacial score (nSPS) is 11.6. The molecule has 0 spiro atoms. The van der Waals surface area contributed by atoms with Crippen molar-refractivity contribution in [3.8, 4) is 5.75 Å². The second kappa shape index (κ2) is 14.3. The number of ether oxygens (including phenoxy) is 1. The van der Waals surface area contributed by atoms with Gasteiger partial charge in [-0.25, -0.2) is 13.8 Å². The van der Waals surface area contributed by atoms with Crippen LogP contribution in [0.25, 0.3) is 0 Å². The van der Waals surface area contributed by atoms with Crippen LogP contribution in [0.15, 0.2) is 93.3 Å². The van der Waals surface area contributed by atoms with Gasteiger partial charge >= 0.3 is 11.8 Å². The van der Waals surface area contributed by atoms with Gasteiger partial charge in [0.25, 0.3) is 0 Å². The van der Waals surface area contributed by atoms with E-state index in [4.69, 9.17) is 32.4 Å². The minimum absolute atomic E-state index is 0.0458. The van der Waals surface area contributed by atoms with E-state index in [-0.39, 0.29) is 23.7 Å². The molecule has 0 saturated heterocycles. The largest absolute Gasteiger partial charge is 0.494 e. The van der Waals surface area contributed by atoms with E-state index in [9.17, 15) is 18.0 Å². The molecule has 2 amide bonds. The van der Waals surface area contributed by atoms with Gasteiger partial charge in [-0.15, -0.1) is 0 Å². The van der Waals surface area contributed by atoms with Gasteiger partial charge in [-0.2, -0.15) is 9.41 Å². The molecule has 0 saturated carbocycles.